The van der Waals surface area contributed by atoms with Gasteiger partial charge in [-0.15, -0.1) is 0 Å². The Hall–Kier alpha value is -2.47. The number of hydrogen-bond donors (Lipinski definition) is 1. The number of aliphatic hydroxyl groups is 1. The molecule has 2 aliphatic rings. The van der Waals surface area contributed by atoms with Crippen molar-refractivity contribution in [3.63, 3.8) is 0 Å². The third-order valence-corrected chi connectivity index (χ3v) is 15.1. The number of carbonyl (C=O) groups is 1. The third-order valence-electron chi connectivity index (χ3n) is 9.99. The van der Waals surface area contributed by atoms with Crippen molar-refractivity contribution in [1.29, 1.82) is 0 Å². The molecule has 2 aromatic carbocycles. The first-order chi connectivity index (χ1) is 20.6. The summed E-state index contributed by atoms with van der Waals surface area (Å²) >= 11 is 0. The Kier molecular flexibility index (Phi) is 10.9. The highest BCUT2D eigenvalue weighted by molar-refractivity contribution is 6.99. The van der Waals surface area contributed by atoms with Crippen molar-refractivity contribution in [3.8, 4) is 0 Å². The van der Waals surface area contributed by atoms with Crippen LogP contribution in [0.2, 0.25) is 5.04 Å². The van der Waals surface area contributed by atoms with E-state index in [2.05, 4.69) is 114 Å². The normalized spacial score (nSPS) is 27.7. The first kappa shape index (κ1) is 34.4. The molecule has 0 radical (unpaired) electrons. The van der Waals surface area contributed by atoms with Gasteiger partial charge in [0, 0.05) is 6.10 Å². The Balaban J connectivity index is 1.82. The molecule has 0 saturated heterocycles. The van der Waals surface area contributed by atoms with Crippen molar-refractivity contribution in [2.75, 3.05) is 0 Å². The maximum Gasteiger partial charge on any atom is 0.311 e. The number of ether oxygens (including phenoxy) is 1. The topological polar surface area (TPSA) is 55.8 Å². The van der Waals surface area contributed by atoms with Gasteiger partial charge in [-0.2, -0.15) is 0 Å². The number of esters is 1. The zero-order chi connectivity index (χ0) is 32.3. The summed E-state index contributed by atoms with van der Waals surface area (Å²) in [5.74, 6) is 1.18. The zero-order valence-electron chi connectivity index (χ0n) is 28.5. The minimum absolute atomic E-state index is 0.0415. The first-order valence-corrected chi connectivity index (χ1v) is 18.6. The third kappa shape index (κ3) is 7.49. The fourth-order valence-corrected chi connectivity index (χ4v) is 12.2. The van der Waals surface area contributed by atoms with Crippen molar-refractivity contribution in [1.82, 2.24) is 0 Å². The number of rotatable bonds is 6. The van der Waals surface area contributed by atoms with E-state index < -0.39 is 25.9 Å². The van der Waals surface area contributed by atoms with Gasteiger partial charge in [0.05, 0.1) is 5.41 Å². The van der Waals surface area contributed by atoms with Gasteiger partial charge in [0.1, 0.15) is 12.2 Å². The molecule has 0 spiro atoms. The Morgan fingerprint density at radius 2 is 1.45 bits per heavy atom. The summed E-state index contributed by atoms with van der Waals surface area (Å²) in [6, 6.07) is 21.7. The van der Waals surface area contributed by atoms with E-state index in [4.69, 9.17) is 9.16 Å². The van der Waals surface area contributed by atoms with Crippen LogP contribution in [0.5, 0.6) is 0 Å². The van der Waals surface area contributed by atoms with Crippen LogP contribution in [0, 0.1) is 29.1 Å². The maximum absolute atomic E-state index is 13.1. The SMILES string of the molecule is CC1=CC[C@H](C(C)C)[C@H]2C[C@@H](OC(=O)C(C)(C)C)[C@H](O)/C=C\C[C@@H](O[Si](c3ccccc3)(c3ccccc3)C(C)(C)C)C[C@@H]12. The lowest BCUT2D eigenvalue weighted by Gasteiger charge is -2.47. The molecule has 240 valence electrons. The van der Waals surface area contributed by atoms with Crippen molar-refractivity contribution in [3.05, 3.63) is 84.5 Å². The summed E-state index contributed by atoms with van der Waals surface area (Å²) in [6.07, 6.45) is 8.07. The van der Waals surface area contributed by atoms with E-state index in [-0.39, 0.29) is 28.9 Å². The molecule has 0 aromatic heterocycles. The minimum atomic E-state index is -2.78. The standard InChI is InChI=1S/C39H56O4Si/c1-27(2)32-24-23-28(3)33-25-29(17-16-22-35(40)36(26-34(32)33)42-37(41)38(4,5)6)43-44(39(7,8)9,30-18-12-10-13-19-30)31-20-14-11-15-21-31/h10-16,18-23,27,29,32-36,40H,17,24-26H2,1-9H3/b22-16-/t29-,32-,33+,34-,35-,36-/m1/s1. The van der Waals surface area contributed by atoms with E-state index in [1.54, 1.807) is 0 Å². The molecule has 6 atom stereocenters. The summed E-state index contributed by atoms with van der Waals surface area (Å²) < 4.78 is 13.8. The summed E-state index contributed by atoms with van der Waals surface area (Å²) in [7, 11) is -2.78. The Morgan fingerprint density at radius 1 is 0.886 bits per heavy atom. The van der Waals surface area contributed by atoms with E-state index in [1.165, 1.54) is 15.9 Å². The smallest absolute Gasteiger partial charge is 0.311 e. The molecule has 0 aliphatic heterocycles. The zero-order valence-corrected chi connectivity index (χ0v) is 29.5. The largest absolute Gasteiger partial charge is 0.459 e. The van der Waals surface area contributed by atoms with Crippen LogP contribution in [0.3, 0.4) is 0 Å². The van der Waals surface area contributed by atoms with E-state index in [9.17, 15) is 9.90 Å². The van der Waals surface area contributed by atoms with Crippen molar-refractivity contribution < 1.29 is 19.1 Å². The lowest BCUT2D eigenvalue weighted by Crippen LogP contribution is -2.67. The van der Waals surface area contributed by atoms with Gasteiger partial charge in [-0.3, -0.25) is 4.79 Å². The van der Waals surface area contributed by atoms with Crippen LogP contribution in [-0.2, 0) is 14.0 Å². The fraction of sp³-hybridized carbons (Fsp3) is 0.564. The molecule has 0 unspecified atom stereocenters. The lowest BCUT2D eigenvalue weighted by atomic mass is 9.64. The highest BCUT2D eigenvalue weighted by atomic mass is 28.4. The maximum atomic E-state index is 13.1. The average molecular weight is 617 g/mol. The lowest BCUT2D eigenvalue weighted by molar-refractivity contribution is -0.165. The number of aliphatic hydroxyl groups excluding tert-OH is 1. The molecule has 1 N–H and O–H groups in total. The van der Waals surface area contributed by atoms with Gasteiger partial charge in [-0.25, -0.2) is 0 Å². The molecule has 0 bridgehead atoms. The molecule has 0 amide bonds. The van der Waals surface area contributed by atoms with E-state index >= 15 is 0 Å². The molecule has 4 nitrogen and oxygen atoms in total. The molecule has 2 aromatic rings. The van der Waals surface area contributed by atoms with Crippen molar-refractivity contribution >= 4 is 24.7 Å². The molecule has 0 saturated carbocycles. The molecule has 0 fully saturated rings. The Bertz CT molecular complexity index is 1250. The number of fused-ring (bicyclic) bond motifs is 1. The van der Waals surface area contributed by atoms with Crippen LogP contribution >= 0.6 is 0 Å². The summed E-state index contributed by atoms with van der Waals surface area (Å²) in [4.78, 5) is 13.1. The molecule has 2 aliphatic carbocycles. The summed E-state index contributed by atoms with van der Waals surface area (Å²) in [6.45, 7) is 19.5. The number of carbonyl (C=O) groups excluding carboxylic acids is 1. The monoisotopic (exact) mass is 616 g/mol. The number of benzene rings is 2. The molecule has 5 heteroatoms. The van der Waals surface area contributed by atoms with Crippen LogP contribution in [0.25, 0.3) is 0 Å². The van der Waals surface area contributed by atoms with Crippen LogP contribution in [0.1, 0.15) is 88.0 Å². The molecular weight excluding hydrogens is 561 g/mol. The van der Waals surface area contributed by atoms with Crippen LogP contribution in [0.4, 0.5) is 0 Å². The van der Waals surface area contributed by atoms with E-state index in [0.29, 0.717) is 24.7 Å². The molecule has 0 heterocycles. The highest BCUT2D eigenvalue weighted by Gasteiger charge is 2.52. The van der Waals surface area contributed by atoms with Crippen molar-refractivity contribution in [2.24, 2.45) is 29.1 Å². The minimum Gasteiger partial charge on any atom is -0.459 e. The Morgan fingerprint density at radius 3 is 1.95 bits per heavy atom. The average Bonchev–Trinajstić information content (AvgIpc) is 2.96. The fourth-order valence-electron chi connectivity index (χ4n) is 7.50. The van der Waals surface area contributed by atoms with Crippen LogP contribution < -0.4 is 10.4 Å². The second kappa shape index (κ2) is 13.9. The van der Waals surface area contributed by atoms with E-state index in [1.807, 2.05) is 26.8 Å². The molecule has 4 rings (SSSR count). The van der Waals surface area contributed by atoms with Crippen LogP contribution in [-0.4, -0.2) is 37.7 Å². The second-order valence-corrected chi connectivity index (χ2v) is 19.8. The van der Waals surface area contributed by atoms with Gasteiger partial charge in [0.15, 0.2) is 0 Å². The number of allylic oxidation sites excluding steroid dienone is 2. The van der Waals surface area contributed by atoms with Gasteiger partial charge >= 0.3 is 5.97 Å². The van der Waals surface area contributed by atoms with E-state index in [0.717, 1.165) is 12.8 Å². The van der Waals surface area contributed by atoms with Gasteiger partial charge in [-0.1, -0.05) is 119 Å². The van der Waals surface area contributed by atoms with Gasteiger partial charge in [0.2, 0.25) is 0 Å². The summed E-state index contributed by atoms with van der Waals surface area (Å²) in [5.41, 5.74) is 0.759. The highest BCUT2D eigenvalue weighted by Crippen LogP contribution is 2.46. The van der Waals surface area contributed by atoms with Crippen LogP contribution in [0.15, 0.2) is 84.5 Å². The predicted molar refractivity (Wildman–Crippen MR) is 185 cm³/mol. The Labute approximate surface area is 268 Å². The molecular formula is C39H56O4Si. The van der Waals surface area contributed by atoms with Crippen molar-refractivity contribution in [2.45, 2.75) is 111 Å². The summed E-state index contributed by atoms with van der Waals surface area (Å²) in [5, 5.41) is 13.9. The first-order valence-electron chi connectivity index (χ1n) is 16.7. The van der Waals surface area contributed by atoms with Gasteiger partial charge < -0.3 is 14.3 Å². The van der Waals surface area contributed by atoms with Gasteiger partial charge in [0.25, 0.3) is 8.32 Å². The second-order valence-electron chi connectivity index (χ2n) is 15.6. The predicted octanol–water partition coefficient (Wildman–Crippen LogP) is 7.85. The quantitative estimate of drug-likeness (QED) is 0.204. The number of hydrogen-bond acceptors (Lipinski definition) is 4. The molecule has 44 heavy (non-hydrogen) atoms. The van der Waals surface area contributed by atoms with Gasteiger partial charge in [-0.05, 0) is 92.5 Å².